The van der Waals surface area contributed by atoms with Gasteiger partial charge in [-0.25, -0.2) is 9.24 Å². The van der Waals surface area contributed by atoms with Crippen molar-refractivity contribution in [2.24, 2.45) is 0 Å². The Bertz CT molecular complexity index is 661. The van der Waals surface area contributed by atoms with Crippen molar-refractivity contribution in [2.75, 3.05) is 0 Å². The summed E-state index contributed by atoms with van der Waals surface area (Å²) in [5.41, 5.74) is 0.222. The van der Waals surface area contributed by atoms with E-state index >= 15 is 0 Å². The Balaban J connectivity index is 2.54. The highest BCUT2D eigenvalue weighted by Gasteiger charge is 2.16. The second-order valence-electron chi connectivity index (χ2n) is 3.58. The Labute approximate surface area is 108 Å². The van der Waals surface area contributed by atoms with Gasteiger partial charge in [0.05, 0.1) is 12.1 Å². The fourth-order valence-electron chi connectivity index (χ4n) is 1.58. The van der Waals surface area contributed by atoms with E-state index in [4.69, 9.17) is 18.2 Å². The highest BCUT2D eigenvalue weighted by atomic mass is 35.5. The number of benzene rings is 2. The average Bonchev–Trinajstić information content (AvgIpc) is 2.38. The number of halogens is 2. The van der Waals surface area contributed by atoms with E-state index in [1.165, 1.54) is 36.4 Å². The normalized spacial score (nSPS) is 9.83. The monoisotopic (exact) mass is 259 g/mol. The van der Waals surface area contributed by atoms with Crippen molar-refractivity contribution in [2.45, 2.75) is 0 Å². The van der Waals surface area contributed by atoms with Crippen LogP contribution in [-0.2, 0) is 0 Å². The SMILES string of the molecule is [C-]#[N+]c1cc(Cl)ccc1C(=O)c1ccccc1F. The number of carbonyl (C=O) groups excluding carboxylic acids is 1. The Kier molecular flexibility index (Phi) is 3.40. The minimum absolute atomic E-state index is 0.0512. The van der Waals surface area contributed by atoms with Crippen LogP contribution in [0.2, 0.25) is 5.02 Å². The molecule has 0 amide bonds. The smallest absolute Gasteiger partial charge is 0.199 e. The van der Waals surface area contributed by atoms with Gasteiger partial charge in [0.15, 0.2) is 11.5 Å². The molecule has 0 aliphatic rings. The largest absolute Gasteiger partial charge is 0.290 e. The van der Waals surface area contributed by atoms with Crippen LogP contribution in [0.1, 0.15) is 15.9 Å². The van der Waals surface area contributed by atoms with E-state index in [1.54, 1.807) is 6.07 Å². The van der Waals surface area contributed by atoms with Crippen molar-refractivity contribution in [1.82, 2.24) is 0 Å². The second kappa shape index (κ2) is 4.99. The van der Waals surface area contributed by atoms with Crippen molar-refractivity contribution in [1.29, 1.82) is 0 Å². The van der Waals surface area contributed by atoms with E-state index < -0.39 is 11.6 Å². The summed E-state index contributed by atoms with van der Waals surface area (Å²) >= 11 is 5.75. The molecule has 0 aliphatic heterocycles. The lowest BCUT2D eigenvalue weighted by Crippen LogP contribution is -2.04. The van der Waals surface area contributed by atoms with Crippen LogP contribution in [0.4, 0.5) is 10.1 Å². The van der Waals surface area contributed by atoms with Gasteiger partial charge in [-0.15, -0.1) is 0 Å². The quantitative estimate of drug-likeness (QED) is 0.583. The molecule has 2 nitrogen and oxygen atoms in total. The zero-order valence-corrected chi connectivity index (χ0v) is 9.91. The molecule has 2 aromatic carbocycles. The highest BCUT2D eigenvalue weighted by Crippen LogP contribution is 2.26. The van der Waals surface area contributed by atoms with Gasteiger partial charge < -0.3 is 0 Å². The van der Waals surface area contributed by atoms with Crippen LogP contribution >= 0.6 is 11.6 Å². The van der Waals surface area contributed by atoms with Gasteiger partial charge in [0.2, 0.25) is 0 Å². The molecule has 0 unspecified atom stereocenters. The maximum Gasteiger partial charge on any atom is 0.199 e. The number of carbonyl (C=O) groups is 1. The molecule has 0 fully saturated rings. The molecule has 0 heterocycles. The molecule has 0 saturated heterocycles. The Morgan fingerprint density at radius 2 is 1.89 bits per heavy atom. The van der Waals surface area contributed by atoms with E-state index in [9.17, 15) is 9.18 Å². The first-order valence-corrected chi connectivity index (χ1v) is 5.47. The zero-order chi connectivity index (χ0) is 13.1. The lowest BCUT2D eigenvalue weighted by atomic mass is 10.0. The lowest BCUT2D eigenvalue weighted by molar-refractivity contribution is 0.103. The third kappa shape index (κ3) is 2.24. The molecule has 4 heteroatoms. The van der Waals surface area contributed by atoms with Crippen LogP contribution in [0, 0.1) is 12.4 Å². The van der Waals surface area contributed by atoms with Gasteiger partial charge in [-0.3, -0.25) is 4.79 Å². The third-order valence-corrected chi connectivity index (χ3v) is 2.68. The fraction of sp³-hybridized carbons (Fsp3) is 0. The first-order chi connectivity index (χ1) is 8.63. The molecule has 0 aromatic heterocycles. The molecule has 0 radical (unpaired) electrons. The number of hydrogen-bond acceptors (Lipinski definition) is 1. The van der Waals surface area contributed by atoms with Crippen LogP contribution < -0.4 is 0 Å². The Morgan fingerprint density at radius 1 is 1.17 bits per heavy atom. The molecule has 0 spiro atoms. The van der Waals surface area contributed by atoms with Crippen LogP contribution in [0.3, 0.4) is 0 Å². The van der Waals surface area contributed by atoms with Gasteiger partial charge in [0, 0.05) is 10.6 Å². The zero-order valence-electron chi connectivity index (χ0n) is 9.15. The van der Waals surface area contributed by atoms with Gasteiger partial charge in [0.25, 0.3) is 0 Å². The molecule has 18 heavy (non-hydrogen) atoms. The summed E-state index contributed by atoms with van der Waals surface area (Å²) in [7, 11) is 0. The summed E-state index contributed by atoms with van der Waals surface area (Å²) in [4.78, 5) is 15.4. The topological polar surface area (TPSA) is 21.4 Å². The van der Waals surface area contributed by atoms with Crippen LogP contribution in [0.15, 0.2) is 42.5 Å². The van der Waals surface area contributed by atoms with Gasteiger partial charge in [-0.05, 0) is 24.3 Å². The third-order valence-electron chi connectivity index (χ3n) is 2.44. The summed E-state index contributed by atoms with van der Waals surface area (Å²) in [6, 6.07) is 10.0. The predicted octanol–water partition coefficient (Wildman–Crippen LogP) is 4.26. The highest BCUT2D eigenvalue weighted by molar-refractivity contribution is 6.31. The molecule has 0 aliphatic carbocycles. The van der Waals surface area contributed by atoms with Crippen molar-refractivity contribution < 1.29 is 9.18 Å². The molecular weight excluding hydrogens is 253 g/mol. The summed E-state index contributed by atoms with van der Waals surface area (Å²) in [5, 5.41) is 0.367. The molecule has 0 saturated carbocycles. The van der Waals surface area contributed by atoms with Crippen molar-refractivity contribution in [3.63, 3.8) is 0 Å². The number of hydrogen-bond donors (Lipinski definition) is 0. The Morgan fingerprint density at radius 3 is 2.56 bits per heavy atom. The summed E-state index contributed by atoms with van der Waals surface area (Å²) in [5.74, 6) is -1.12. The molecular formula is C14H7ClFNO. The molecule has 0 N–H and O–H groups in total. The van der Waals surface area contributed by atoms with Crippen LogP contribution in [0.5, 0.6) is 0 Å². The lowest BCUT2D eigenvalue weighted by Gasteiger charge is -2.05. The minimum Gasteiger partial charge on any atom is -0.290 e. The van der Waals surface area contributed by atoms with E-state index in [1.807, 2.05) is 0 Å². The average molecular weight is 260 g/mol. The standard InChI is InChI=1S/C14H7ClFNO/c1-17-13-8-9(15)6-7-11(13)14(18)10-4-2-3-5-12(10)16/h2-8H. The molecule has 2 rings (SSSR count). The van der Waals surface area contributed by atoms with Gasteiger partial charge in [-0.1, -0.05) is 29.8 Å². The number of ketones is 1. The molecule has 2 aromatic rings. The van der Waals surface area contributed by atoms with Gasteiger partial charge in [-0.2, -0.15) is 0 Å². The summed E-state index contributed by atoms with van der Waals surface area (Å²) in [6.07, 6.45) is 0. The number of rotatable bonds is 2. The maximum atomic E-state index is 13.5. The summed E-state index contributed by atoms with van der Waals surface area (Å²) in [6.45, 7) is 7.01. The first-order valence-electron chi connectivity index (χ1n) is 5.09. The van der Waals surface area contributed by atoms with Crippen LogP contribution in [0.25, 0.3) is 4.85 Å². The van der Waals surface area contributed by atoms with Crippen molar-refractivity contribution in [3.05, 3.63) is 75.8 Å². The van der Waals surface area contributed by atoms with Gasteiger partial charge >= 0.3 is 0 Å². The van der Waals surface area contributed by atoms with Crippen molar-refractivity contribution in [3.8, 4) is 0 Å². The first kappa shape index (κ1) is 12.3. The molecule has 0 atom stereocenters. The molecule has 88 valence electrons. The Hall–Kier alpha value is -2.18. The second-order valence-corrected chi connectivity index (χ2v) is 4.02. The summed E-state index contributed by atoms with van der Waals surface area (Å²) < 4.78 is 13.5. The number of nitrogens with zero attached hydrogens (tertiary/aromatic N) is 1. The van der Waals surface area contributed by atoms with E-state index in [0.29, 0.717) is 5.02 Å². The van der Waals surface area contributed by atoms with Crippen LogP contribution in [-0.4, -0.2) is 5.78 Å². The van der Waals surface area contributed by atoms with E-state index in [0.717, 1.165) is 0 Å². The maximum absolute atomic E-state index is 13.5. The van der Waals surface area contributed by atoms with Crippen molar-refractivity contribution >= 4 is 23.1 Å². The van der Waals surface area contributed by atoms with Gasteiger partial charge in [0.1, 0.15) is 5.82 Å². The molecule has 0 bridgehead atoms. The van der Waals surface area contributed by atoms with E-state index in [2.05, 4.69) is 4.85 Å². The van der Waals surface area contributed by atoms with E-state index in [-0.39, 0.29) is 16.8 Å². The predicted molar refractivity (Wildman–Crippen MR) is 67.5 cm³/mol. The fourth-order valence-corrected chi connectivity index (χ4v) is 1.75. The minimum atomic E-state index is -0.603.